The molecule has 0 aliphatic carbocycles. The summed E-state index contributed by atoms with van der Waals surface area (Å²) in [4.78, 5) is 0. The van der Waals surface area contributed by atoms with E-state index >= 15 is 0 Å². The van der Waals surface area contributed by atoms with Gasteiger partial charge in [-0.1, -0.05) is 0 Å². The van der Waals surface area contributed by atoms with Crippen LogP contribution in [0.15, 0.2) is 0 Å². The Kier molecular flexibility index (Phi) is 2.65. The average molecular weight is 144 g/mol. The monoisotopic (exact) mass is 144 g/mol. The molecule has 1 aliphatic rings. The molecular weight excluding hydrogens is 128 g/mol. The van der Waals surface area contributed by atoms with Gasteiger partial charge in [0.15, 0.2) is 0 Å². The highest BCUT2D eigenvalue weighted by Gasteiger charge is 2.26. The molecule has 3 heteroatoms. The molecule has 1 saturated heterocycles. The van der Waals surface area contributed by atoms with E-state index in [1.54, 1.807) is 0 Å². The zero-order chi connectivity index (χ0) is 7.45. The van der Waals surface area contributed by atoms with E-state index in [9.17, 15) is 0 Å². The van der Waals surface area contributed by atoms with Gasteiger partial charge in [-0.2, -0.15) is 0 Å². The molecule has 0 amide bonds. The molecule has 0 aromatic rings. The summed E-state index contributed by atoms with van der Waals surface area (Å²) in [5.41, 5.74) is 0.00694. The highest BCUT2D eigenvalue weighted by Crippen LogP contribution is 2.09. The number of likely N-dealkylation sites (N-methyl/N-ethyl adjacent to an activating group) is 1. The Bertz CT molecular complexity index is 94.3. The summed E-state index contributed by atoms with van der Waals surface area (Å²) < 4.78 is 5.58. The number of rotatable bonds is 2. The van der Waals surface area contributed by atoms with E-state index < -0.39 is 0 Å². The van der Waals surface area contributed by atoms with Crippen LogP contribution in [0.3, 0.4) is 0 Å². The van der Waals surface area contributed by atoms with Crippen molar-refractivity contribution in [2.45, 2.75) is 12.5 Å². The zero-order valence-electron chi connectivity index (χ0n) is 6.74. The Morgan fingerprint density at radius 3 is 3.00 bits per heavy atom. The van der Waals surface area contributed by atoms with Gasteiger partial charge >= 0.3 is 0 Å². The van der Waals surface area contributed by atoms with E-state index in [0.29, 0.717) is 0 Å². The minimum atomic E-state index is 0.00694. The number of hydrogen-bond donors (Lipinski definition) is 2. The lowest BCUT2D eigenvalue weighted by atomic mass is 10.1. The molecule has 3 nitrogen and oxygen atoms in total. The minimum Gasteiger partial charge on any atom is -0.371 e. The van der Waals surface area contributed by atoms with Crippen LogP contribution in [-0.2, 0) is 4.74 Å². The molecule has 2 N–H and O–H groups in total. The molecule has 10 heavy (non-hydrogen) atoms. The molecule has 1 rings (SSSR count). The van der Waals surface area contributed by atoms with Crippen LogP contribution in [0.4, 0.5) is 0 Å². The zero-order valence-corrected chi connectivity index (χ0v) is 6.74. The van der Waals surface area contributed by atoms with Crippen LogP contribution in [0.25, 0.3) is 0 Å². The Morgan fingerprint density at radius 1 is 1.70 bits per heavy atom. The molecule has 1 unspecified atom stereocenters. The van der Waals surface area contributed by atoms with Gasteiger partial charge in [0.05, 0.1) is 12.2 Å². The van der Waals surface area contributed by atoms with Crippen LogP contribution < -0.4 is 10.6 Å². The van der Waals surface area contributed by atoms with Crippen molar-refractivity contribution in [3.8, 4) is 0 Å². The lowest BCUT2D eigenvalue weighted by Gasteiger charge is -2.34. The predicted molar refractivity (Wildman–Crippen MR) is 41.2 cm³/mol. The van der Waals surface area contributed by atoms with Crippen molar-refractivity contribution in [1.82, 2.24) is 10.6 Å². The number of hydrogen-bond acceptors (Lipinski definition) is 3. The SMILES string of the molecule is CNCC1(C)CNCCO1. The molecule has 0 bridgehead atoms. The predicted octanol–water partition coefficient (Wildman–Crippen LogP) is -0.416. The fraction of sp³-hybridized carbons (Fsp3) is 1.00. The van der Waals surface area contributed by atoms with Crippen molar-refractivity contribution >= 4 is 0 Å². The first kappa shape index (κ1) is 7.98. The van der Waals surface area contributed by atoms with Crippen molar-refractivity contribution < 1.29 is 4.74 Å². The maximum absolute atomic E-state index is 5.58. The van der Waals surface area contributed by atoms with Crippen LogP contribution in [0.1, 0.15) is 6.92 Å². The smallest absolute Gasteiger partial charge is 0.0902 e. The highest BCUT2D eigenvalue weighted by molar-refractivity contribution is 4.82. The summed E-state index contributed by atoms with van der Waals surface area (Å²) in [7, 11) is 1.95. The summed E-state index contributed by atoms with van der Waals surface area (Å²) in [5, 5.41) is 6.41. The summed E-state index contributed by atoms with van der Waals surface area (Å²) in [6.07, 6.45) is 0. The van der Waals surface area contributed by atoms with Gasteiger partial charge in [0.2, 0.25) is 0 Å². The first-order valence-electron chi connectivity index (χ1n) is 3.76. The maximum atomic E-state index is 5.58. The van der Waals surface area contributed by atoms with Gasteiger partial charge in [-0.15, -0.1) is 0 Å². The molecule has 0 spiro atoms. The maximum Gasteiger partial charge on any atom is 0.0902 e. The molecule has 0 aromatic carbocycles. The third-order valence-corrected chi connectivity index (χ3v) is 1.78. The van der Waals surface area contributed by atoms with E-state index in [0.717, 1.165) is 26.2 Å². The Hall–Kier alpha value is -0.120. The van der Waals surface area contributed by atoms with Gasteiger partial charge < -0.3 is 15.4 Å². The summed E-state index contributed by atoms with van der Waals surface area (Å²) in [6.45, 7) is 5.81. The van der Waals surface area contributed by atoms with E-state index in [-0.39, 0.29) is 5.60 Å². The van der Waals surface area contributed by atoms with E-state index in [4.69, 9.17) is 4.74 Å². The van der Waals surface area contributed by atoms with E-state index in [2.05, 4.69) is 17.6 Å². The van der Waals surface area contributed by atoms with Gasteiger partial charge in [0.1, 0.15) is 0 Å². The average Bonchev–Trinajstić information content (AvgIpc) is 1.89. The van der Waals surface area contributed by atoms with E-state index in [1.165, 1.54) is 0 Å². The second kappa shape index (κ2) is 3.32. The molecule has 1 fully saturated rings. The number of morpholine rings is 1. The topological polar surface area (TPSA) is 33.3 Å². The Morgan fingerprint density at radius 2 is 2.50 bits per heavy atom. The molecule has 0 saturated carbocycles. The summed E-state index contributed by atoms with van der Waals surface area (Å²) in [6, 6.07) is 0. The lowest BCUT2D eigenvalue weighted by molar-refractivity contribution is -0.0495. The fourth-order valence-corrected chi connectivity index (χ4v) is 1.26. The van der Waals surface area contributed by atoms with Crippen molar-refractivity contribution in [1.29, 1.82) is 0 Å². The Balaban J connectivity index is 2.32. The summed E-state index contributed by atoms with van der Waals surface area (Å²) in [5.74, 6) is 0. The third-order valence-electron chi connectivity index (χ3n) is 1.78. The number of nitrogens with one attached hydrogen (secondary N) is 2. The standard InChI is InChI=1S/C7H16N2O/c1-7(5-8-2)6-9-3-4-10-7/h8-9H,3-6H2,1-2H3. The second-order valence-electron chi connectivity index (χ2n) is 3.01. The lowest BCUT2D eigenvalue weighted by Crippen LogP contribution is -2.52. The molecule has 0 aromatic heterocycles. The van der Waals surface area contributed by atoms with Crippen molar-refractivity contribution in [2.75, 3.05) is 33.3 Å². The first-order valence-corrected chi connectivity index (χ1v) is 3.76. The van der Waals surface area contributed by atoms with Crippen LogP contribution in [0.5, 0.6) is 0 Å². The molecular formula is C7H16N2O. The molecule has 1 atom stereocenters. The summed E-state index contributed by atoms with van der Waals surface area (Å²) >= 11 is 0. The normalized spacial score (nSPS) is 34.2. The Labute approximate surface area is 62.1 Å². The molecule has 1 heterocycles. The van der Waals surface area contributed by atoms with Gasteiger partial charge in [-0.3, -0.25) is 0 Å². The van der Waals surface area contributed by atoms with Gasteiger partial charge in [-0.25, -0.2) is 0 Å². The van der Waals surface area contributed by atoms with Crippen LogP contribution >= 0.6 is 0 Å². The quantitative estimate of drug-likeness (QED) is 0.552. The first-order chi connectivity index (χ1) is 4.77. The van der Waals surface area contributed by atoms with Crippen LogP contribution in [-0.4, -0.2) is 38.9 Å². The van der Waals surface area contributed by atoms with Gasteiger partial charge in [-0.05, 0) is 14.0 Å². The second-order valence-corrected chi connectivity index (χ2v) is 3.01. The van der Waals surface area contributed by atoms with Crippen LogP contribution in [0, 0.1) is 0 Å². The minimum absolute atomic E-state index is 0.00694. The number of ether oxygens (including phenoxy) is 1. The molecule has 60 valence electrons. The highest BCUT2D eigenvalue weighted by atomic mass is 16.5. The van der Waals surface area contributed by atoms with Gasteiger partial charge in [0.25, 0.3) is 0 Å². The van der Waals surface area contributed by atoms with Crippen LogP contribution in [0.2, 0.25) is 0 Å². The van der Waals surface area contributed by atoms with Crippen molar-refractivity contribution in [3.05, 3.63) is 0 Å². The molecule has 0 radical (unpaired) electrons. The fourth-order valence-electron chi connectivity index (χ4n) is 1.26. The van der Waals surface area contributed by atoms with Crippen molar-refractivity contribution in [3.63, 3.8) is 0 Å². The van der Waals surface area contributed by atoms with E-state index in [1.807, 2.05) is 7.05 Å². The molecule has 1 aliphatic heterocycles. The third kappa shape index (κ3) is 1.94. The largest absolute Gasteiger partial charge is 0.371 e. The van der Waals surface area contributed by atoms with Crippen molar-refractivity contribution in [2.24, 2.45) is 0 Å². The van der Waals surface area contributed by atoms with Gasteiger partial charge in [0, 0.05) is 19.6 Å².